The van der Waals surface area contributed by atoms with Crippen LogP contribution in [0.15, 0.2) is 6.20 Å². The molecular formula is C15H22N4O. The molecule has 0 radical (unpaired) electrons. The minimum Gasteiger partial charge on any atom is -0.462 e. The molecule has 3 heterocycles. The lowest BCUT2D eigenvalue weighted by Gasteiger charge is -2.25. The summed E-state index contributed by atoms with van der Waals surface area (Å²) in [5.41, 5.74) is 2.83. The predicted octanol–water partition coefficient (Wildman–Crippen LogP) is 1.08. The first kappa shape index (κ1) is 12.5. The van der Waals surface area contributed by atoms with Crippen molar-refractivity contribution in [3.05, 3.63) is 17.5 Å². The predicted molar refractivity (Wildman–Crippen MR) is 75.8 cm³/mol. The van der Waals surface area contributed by atoms with Crippen LogP contribution in [-0.4, -0.2) is 47.7 Å². The van der Waals surface area contributed by atoms with E-state index in [1.54, 1.807) is 0 Å². The van der Waals surface area contributed by atoms with Crippen molar-refractivity contribution in [3.63, 3.8) is 0 Å². The Balaban J connectivity index is 1.47. The molecule has 1 aromatic heterocycles. The van der Waals surface area contributed by atoms with Gasteiger partial charge in [0.15, 0.2) is 0 Å². The lowest BCUT2D eigenvalue weighted by Crippen LogP contribution is -2.34. The van der Waals surface area contributed by atoms with Crippen LogP contribution in [-0.2, 0) is 12.0 Å². The highest BCUT2D eigenvalue weighted by Crippen LogP contribution is 2.49. The van der Waals surface area contributed by atoms with E-state index in [1.807, 2.05) is 6.20 Å². The summed E-state index contributed by atoms with van der Waals surface area (Å²) in [5.74, 6) is 0. The molecule has 1 spiro atoms. The van der Waals surface area contributed by atoms with Gasteiger partial charge in [-0.15, -0.1) is 0 Å². The largest absolute Gasteiger partial charge is 0.462 e. The molecule has 0 unspecified atom stereocenters. The maximum absolute atomic E-state index is 5.82. The third kappa shape index (κ3) is 2.09. The smallest absolute Gasteiger partial charge is 0.316 e. The number of rotatable bonds is 3. The van der Waals surface area contributed by atoms with Gasteiger partial charge >= 0.3 is 6.01 Å². The van der Waals surface area contributed by atoms with Crippen molar-refractivity contribution < 1.29 is 4.74 Å². The Morgan fingerprint density at radius 2 is 2.40 bits per heavy atom. The van der Waals surface area contributed by atoms with E-state index < -0.39 is 0 Å². The first-order valence-corrected chi connectivity index (χ1v) is 7.67. The number of likely N-dealkylation sites (tertiary alicyclic amines) is 1. The molecule has 2 fully saturated rings. The van der Waals surface area contributed by atoms with E-state index in [0.717, 1.165) is 18.8 Å². The van der Waals surface area contributed by atoms with Crippen molar-refractivity contribution in [2.45, 2.75) is 43.7 Å². The van der Waals surface area contributed by atoms with Gasteiger partial charge in [-0.25, -0.2) is 4.98 Å². The average molecular weight is 274 g/mol. The van der Waals surface area contributed by atoms with Gasteiger partial charge in [0.2, 0.25) is 0 Å². The molecule has 5 nitrogen and oxygen atoms in total. The third-order valence-corrected chi connectivity index (χ3v) is 5.10. The molecular weight excluding hydrogens is 252 g/mol. The molecule has 1 N–H and O–H groups in total. The second kappa shape index (κ2) is 4.67. The molecule has 20 heavy (non-hydrogen) atoms. The van der Waals surface area contributed by atoms with Crippen LogP contribution in [0, 0.1) is 0 Å². The van der Waals surface area contributed by atoms with Gasteiger partial charge in [-0.2, -0.15) is 4.98 Å². The first-order chi connectivity index (χ1) is 9.77. The van der Waals surface area contributed by atoms with Gasteiger partial charge in [0, 0.05) is 36.3 Å². The minimum absolute atomic E-state index is 0.345. The van der Waals surface area contributed by atoms with Crippen molar-refractivity contribution in [1.29, 1.82) is 0 Å². The van der Waals surface area contributed by atoms with Crippen LogP contribution < -0.4 is 10.1 Å². The number of hydrogen-bond acceptors (Lipinski definition) is 5. The second-order valence-corrected chi connectivity index (χ2v) is 6.48. The topological polar surface area (TPSA) is 50.3 Å². The van der Waals surface area contributed by atoms with Crippen molar-refractivity contribution >= 4 is 0 Å². The number of fused-ring (bicyclic) bond motifs is 2. The molecule has 3 aliphatic rings. The maximum Gasteiger partial charge on any atom is 0.316 e. The van der Waals surface area contributed by atoms with E-state index in [4.69, 9.17) is 4.74 Å². The van der Waals surface area contributed by atoms with Crippen LogP contribution in [0.25, 0.3) is 0 Å². The molecule has 1 atom stereocenters. The molecule has 5 heteroatoms. The summed E-state index contributed by atoms with van der Waals surface area (Å²) < 4.78 is 5.82. The number of aromatic nitrogens is 2. The number of nitrogens with one attached hydrogen (secondary N) is 1. The normalized spacial score (nSPS) is 27.6. The van der Waals surface area contributed by atoms with Crippen LogP contribution in [0.2, 0.25) is 0 Å². The molecule has 4 rings (SSSR count). The van der Waals surface area contributed by atoms with Gasteiger partial charge in [-0.1, -0.05) is 0 Å². The Morgan fingerprint density at radius 3 is 3.15 bits per heavy atom. The Hall–Kier alpha value is -1.20. The summed E-state index contributed by atoms with van der Waals surface area (Å²) in [7, 11) is 2.16. The standard InChI is InChI=1S/C15H22N4O/c1-19-6-2-3-11(19)9-20-14-17-7-12-13(18-14)8-16-10-15(12)4-5-15/h7,11,16H,2-6,8-10H2,1H3/t11-/m0/s1. The zero-order chi connectivity index (χ0) is 13.6. The number of nitrogens with zero attached hydrogens (tertiary/aromatic N) is 3. The fourth-order valence-electron chi connectivity index (χ4n) is 3.52. The summed E-state index contributed by atoms with van der Waals surface area (Å²) >= 11 is 0. The van der Waals surface area contributed by atoms with Crippen LogP contribution in [0.5, 0.6) is 6.01 Å². The summed E-state index contributed by atoms with van der Waals surface area (Å²) in [4.78, 5) is 11.4. The molecule has 1 saturated heterocycles. The summed E-state index contributed by atoms with van der Waals surface area (Å²) in [6.45, 7) is 3.80. The molecule has 1 saturated carbocycles. The van der Waals surface area contributed by atoms with Crippen LogP contribution in [0.1, 0.15) is 36.9 Å². The van der Waals surface area contributed by atoms with E-state index in [9.17, 15) is 0 Å². The highest BCUT2D eigenvalue weighted by molar-refractivity contribution is 5.36. The Kier molecular flexibility index (Phi) is 2.93. The average Bonchev–Trinajstić information content (AvgIpc) is 3.10. The highest BCUT2D eigenvalue weighted by Gasteiger charge is 2.47. The van der Waals surface area contributed by atoms with Crippen LogP contribution in [0.3, 0.4) is 0 Å². The van der Waals surface area contributed by atoms with Crippen LogP contribution in [0.4, 0.5) is 0 Å². The zero-order valence-electron chi connectivity index (χ0n) is 12.1. The Labute approximate surface area is 119 Å². The molecule has 0 aromatic carbocycles. The Morgan fingerprint density at radius 1 is 1.50 bits per heavy atom. The maximum atomic E-state index is 5.82. The van der Waals surface area contributed by atoms with Gasteiger partial charge < -0.3 is 15.0 Å². The molecule has 2 aliphatic heterocycles. The van der Waals surface area contributed by atoms with Gasteiger partial charge in [0.25, 0.3) is 0 Å². The van der Waals surface area contributed by atoms with E-state index in [-0.39, 0.29) is 0 Å². The molecule has 0 amide bonds. The van der Waals surface area contributed by atoms with E-state index in [2.05, 4.69) is 27.2 Å². The van der Waals surface area contributed by atoms with Gasteiger partial charge in [-0.3, -0.25) is 0 Å². The third-order valence-electron chi connectivity index (χ3n) is 5.10. The number of likely N-dealkylation sites (N-methyl/N-ethyl adjacent to an activating group) is 1. The summed E-state index contributed by atoms with van der Waals surface area (Å²) in [6, 6.07) is 1.06. The van der Waals surface area contributed by atoms with Crippen molar-refractivity contribution in [3.8, 4) is 6.01 Å². The van der Waals surface area contributed by atoms with Gasteiger partial charge in [0.05, 0.1) is 5.69 Å². The monoisotopic (exact) mass is 274 g/mol. The van der Waals surface area contributed by atoms with Crippen molar-refractivity contribution in [2.75, 3.05) is 26.7 Å². The lowest BCUT2D eigenvalue weighted by atomic mass is 9.93. The van der Waals surface area contributed by atoms with E-state index >= 15 is 0 Å². The first-order valence-electron chi connectivity index (χ1n) is 7.67. The lowest BCUT2D eigenvalue weighted by molar-refractivity contribution is 0.187. The highest BCUT2D eigenvalue weighted by atomic mass is 16.5. The van der Waals surface area contributed by atoms with Gasteiger partial charge in [0.1, 0.15) is 6.61 Å². The summed E-state index contributed by atoms with van der Waals surface area (Å²) in [6.07, 6.45) is 7.02. The molecule has 1 aliphatic carbocycles. The number of hydrogen-bond donors (Lipinski definition) is 1. The molecule has 1 aromatic rings. The fraction of sp³-hybridized carbons (Fsp3) is 0.733. The zero-order valence-corrected chi connectivity index (χ0v) is 12.1. The van der Waals surface area contributed by atoms with Crippen LogP contribution >= 0.6 is 0 Å². The van der Waals surface area contributed by atoms with Crippen molar-refractivity contribution in [1.82, 2.24) is 20.2 Å². The summed E-state index contributed by atoms with van der Waals surface area (Å²) in [5, 5.41) is 3.47. The number of ether oxygens (including phenoxy) is 1. The van der Waals surface area contributed by atoms with Gasteiger partial charge in [-0.05, 0) is 39.3 Å². The second-order valence-electron chi connectivity index (χ2n) is 6.48. The molecule has 108 valence electrons. The quantitative estimate of drug-likeness (QED) is 0.894. The van der Waals surface area contributed by atoms with E-state index in [1.165, 1.54) is 37.8 Å². The SMILES string of the molecule is CN1CCC[C@H]1COc1ncc2c(n1)CNCC21CC1. The minimum atomic E-state index is 0.345. The molecule has 0 bridgehead atoms. The van der Waals surface area contributed by atoms with E-state index in [0.29, 0.717) is 24.1 Å². The fourth-order valence-corrected chi connectivity index (χ4v) is 3.52. The van der Waals surface area contributed by atoms with Crippen molar-refractivity contribution in [2.24, 2.45) is 0 Å². The Bertz CT molecular complexity index is 515.